The van der Waals surface area contributed by atoms with Crippen molar-refractivity contribution in [1.82, 2.24) is 0 Å². The van der Waals surface area contributed by atoms with E-state index >= 15 is 0 Å². The van der Waals surface area contributed by atoms with E-state index in [1.807, 2.05) is 24.3 Å². The maximum absolute atomic E-state index is 12.2. The summed E-state index contributed by atoms with van der Waals surface area (Å²) in [5.41, 5.74) is 3.75. The zero-order chi connectivity index (χ0) is 25.5. The van der Waals surface area contributed by atoms with Gasteiger partial charge in [0.1, 0.15) is 17.2 Å². The molecule has 35 heavy (non-hydrogen) atoms. The van der Waals surface area contributed by atoms with Gasteiger partial charge in [-0.25, -0.2) is 9.59 Å². The molecular weight excluding hydrogens is 444 g/mol. The van der Waals surface area contributed by atoms with Gasteiger partial charge in [0.2, 0.25) is 0 Å². The molecule has 0 aliphatic carbocycles. The van der Waals surface area contributed by atoms with Crippen LogP contribution in [0.4, 0.5) is 0 Å². The van der Waals surface area contributed by atoms with E-state index in [4.69, 9.17) is 14.2 Å². The second kappa shape index (κ2) is 11.1. The minimum Gasteiger partial charge on any atom is -0.427 e. The molecule has 0 aliphatic heterocycles. The normalized spacial score (nSPS) is 10.3. The van der Waals surface area contributed by atoms with Crippen molar-refractivity contribution in [2.24, 2.45) is 0 Å². The average Bonchev–Trinajstić information content (AvgIpc) is 2.85. The van der Waals surface area contributed by atoms with Crippen LogP contribution in [0.25, 0.3) is 22.3 Å². The minimum atomic E-state index is -0.531. The molecule has 3 rings (SSSR count). The first-order valence-electron chi connectivity index (χ1n) is 11.0. The molecule has 6 nitrogen and oxygen atoms in total. The van der Waals surface area contributed by atoms with Crippen molar-refractivity contribution in [2.45, 2.75) is 27.2 Å². The molecule has 0 radical (unpaired) electrons. The Hall–Kier alpha value is -4.45. The highest BCUT2D eigenvalue weighted by Crippen LogP contribution is 2.36. The Labute approximate surface area is 204 Å². The van der Waals surface area contributed by atoms with E-state index in [1.165, 1.54) is 0 Å². The van der Waals surface area contributed by atoms with Crippen LogP contribution in [-0.4, -0.2) is 17.9 Å². The molecule has 0 bridgehead atoms. The monoisotopic (exact) mass is 470 g/mol. The maximum Gasteiger partial charge on any atom is 0.338 e. The standard InChI is InChI=1S/C29H26O6/c1-6-27(30)33-23-14-9-21(10-15-23)25-17-22(11-16-26(25)35-29(32)19(4)5)20-7-12-24(13-8-20)34-28(31)18(2)3/h7-17H,2,4,6H2,1,3,5H3. The van der Waals surface area contributed by atoms with Crippen molar-refractivity contribution < 1.29 is 28.6 Å². The van der Waals surface area contributed by atoms with Gasteiger partial charge >= 0.3 is 17.9 Å². The van der Waals surface area contributed by atoms with Gasteiger partial charge in [0.05, 0.1) is 0 Å². The van der Waals surface area contributed by atoms with Crippen molar-refractivity contribution >= 4 is 17.9 Å². The van der Waals surface area contributed by atoms with Crippen molar-refractivity contribution in [3.63, 3.8) is 0 Å². The molecule has 0 unspecified atom stereocenters. The number of carbonyl (C=O) groups excluding carboxylic acids is 3. The number of carbonyl (C=O) groups is 3. The Morgan fingerprint density at radius 3 is 1.69 bits per heavy atom. The number of esters is 3. The van der Waals surface area contributed by atoms with Crippen LogP contribution < -0.4 is 14.2 Å². The Balaban J connectivity index is 1.97. The van der Waals surface area contributed by atoms with Crippen molar-refractivity contribution in [2.75, 3.05) is 0 Å². The summed E-state index contributed by atoms with van der Waals surface area (Å²) in [5, 5.41) is 0. The highest BCUT2D eigenvalue weighted by atomic mass is 16.5. The second-order valence-electron chi connectivity index (χ2n) is 7.93. The molecule has 0 aliphatic rings. The maximum atomic E-state index is 12.2. The number of benzene rings is 3. The molecule has 0 heterocycles. The van der Waals surface area contributed by atoms with Gasteiger partial charge in [0.15, 0.2) is 0 Å². The van der Waals surface area contributed by atoms with Crippen LogP contribution in [-0.2, 0) is 14.4 Å². The van der Waals surface area contributed by atoms with E-state index < -0.39 is 11.9 Å². The summed E-state index contributed by atoms with van der Waals surface area (Å²) in [7, 11) is 0. The minimum absolute atomic E-state index is 0.274. The van der Waals surface area contributed by atoms with E-state index in [0.29, 0.717) is 28.4 Å². The summed E-state index contributed by atoms with van der Waals surface area (Å²) in [6.07, 6.45) is 0.274. The molecule has 0 amide bonds. The number of hydrogen-bond acceptors (Lipinski definition) is 6. The third kappa shape index (κ3) is 6.54. The van der Waals surface area contributed by atoms with Crippen LogP contribution in [0.1, 0.15) is 27.2 Å². The second-order valence-corrected chi connectivity index (χ2v) is 7.93. The van der Waals surface area contributed by atoms with E-state index in [2.05, 4.69) is 13.2 Å². The summed E-state index contributed by atoms with van der Waals surface area (Å²) in [6.45, 7) is 12.1. The Morgan fingerprint density at radius 2 is 1.14 bits per heavy atom. The van der Waals surface area contributed by atoms with E-state index in [-0.39, 0.29) is 18.0 Å². The van der Waals surface area contributed by atoms with Gasteiger partial charge in [-0.3, -0.25) is 4.79 Å². The van der Waals surface area contributed by atoms with E-state index in [1.54, 1.807) is 63.2 Å². The first kappa shape index (κ1) is 25.2. The summed E-state index contributed by atoms with van der Waals surface area (Å²) in [5.74, 6) is -0.142. The van der Waals surface area contributed by atoms with Crippen LogP contribution in [0.5, 0.6) is 17.2 Å². The molecule has 3 aromatic rings. The van der Waals surface area contributed by atoms with Gasteiger partial charge in [-0.1, -0.05) is 50.4 Å². The number of hydrogen-bond donors (Lipinski definition) is 0. The molecule has 3 aromatic carbocycles. The Bertz CT molecular complexity index is 1280. The van der Waals surface area contributed by atoms with Crippen LogP contribution in [0.15, 0.2) is 91.0 Å². The summed E-state index contributed by atoms with van der Waals surface area (Å²) in [6, 6.07) is 19.4. The summed E-state index contributed by atoms with van der Waals surface area (Å²) in [4.78, 5) is 35.5. The summed E-state index contributed by atoms with van der Waals surface area (Å²) >= 11 is 0. The number of ether oxygens (including phenoxy) is 3. The molecule has 178 valence electrons. The Morgan fingerprint density at radius 1 is 0.657 bits per heavy atom. The van der Waals surface area contributed by atoms with Crippen molar-refractivity contribution in [3.8, 4) is 39.5 Å². The fraction of sp³-hybridized carbons (Fsp3) is 0.138. The van der Waals surface area contributed by atoms with Crippen molar-refractivity contribution in [1.29, 1.82) is 0 Å². The summed E-state index contributed by atoms with van der Waals surface area (Å²) < 4.78 is 16.1. The predicted molar refractivity (Wildman–Crippen MR) is 134 cm³/mol. The molecule has 0 atom stereocenters. The lowest BCUT2D eigenvalue weighted by Gasteiger charge is -2.14. The van der Waals surface area contributed by atoms with Gasteiger partial charge in [-0.05, 0) is 66.9 Å². The lowest BCUT2D eigenvalue weighted by Crippen LogP contribution is -2.09. The van der Waals surface area contributed by atoms with Crippen LogP contribution in [0, 0.1) is 0 Å². The molecule has 0 aromatic heterocycles. The van der Waals surface area contributed by atoms with Gasteiger partial charge in [0.25, 0.3) is 0 Å². The zero-order valence-corrected chi connectivity index (χ0v) is 19.9. The third-order valence-electron chi connectivity index (χ3n) is 4.96. The highest BCUT2D eigenvalue weighted by molar-refractivity contribution is 5.91. The lowest BCUT2D eigenvalue weighted by atomic mass is 9.98. The molecule has 0 N–H and O–H groups in total. The molecule has 0 fully saturated rings. The zero-order valence-electron chi connectivity index (χ0n) is 19.9. The fourth-order valence-electron chi connectivity index (χ4n) is 3.03. The van der Waals surface area contributed by atoms with Crippen LogP contribution in [0.2, 0.25) is 0 Å². The van der Waals surface area contributed by atoms with E-state index in [0.717, 1.165) is 16.7 Å². The average molecular weight is 471 g/mol. The van der Waals surface area contributed by atoms with Gasteiger partial charge in [0, 0.05) is 23.1 Å². The molecule has 0 saturated carbocycles. The van der Waals surface area contributed by atoms with Gasteiger partial charge < -0.3 is 14.2 Å². The predicted octanol–water partition coefficient (Wildman–Crippen LogP) is 6.30. The Kier molecular flexibility index (Phi) is 8.00. The first-order valence-corrected chi connectivity index (χ1v) is 11.0. The molecule has 0 saturated heterocycles. The topological polar surface area (TPSA) is 78.9 Å². The van der Waals surface area contributed by atoms with E-state index in [9.17, 15) is 14.4 Å². The van der Waals surface area contributed by atoms with Crippen molar-refractivity contribution in [3.05, 3.63) is 91.0 Å². The fourth-order valence-corrected chi connectivity index (χ4v) is 3.03. The van der Waals surface area contributed by atoms with Crippen LogP contribution >= 0.6 is 0 Å². The largest absolute Gasteiger partial charge is 0.427 e. The van der Waals surface area contributed by atoms with Gasteiger partial charge in [-0.2, -0.15) is 0 Å². The third-order valence-corrected chi connectivity index (χ3v) is 4.96. The lowest BCUT2D eigenvalue weighted by molar-refractivity contribution is -0.134. The van der Waals surface area contributed by atoms with Crippen LogP contribution in [0.3, 0.4) is 0 Å². The smallest absolute Gasteiger partial charge is 0.338 e. The molecular formula is C29H26O6. The molecule has 6 heteroatoms. The van der Waals surface area contributed by atoms with Gasteiger partial charge in [-0.15, -0.1) is 0 Å². The quantitative estimate of drug-likeness (QED) is 0.218. The first-order chi connectivity index (χ1) is 16.7. The highest BCUT2D eigenvalue weighted by Gasteiger charge is 2.14. The molecule has 0 spiro atoms. The SMILES string of the molecule is C=C(C)C(=O)Oc1ccc(-c2ccc(OC(=O)C(=C)C)c(-c3ccc(OC(=O)CC)cc3)c2)cc1. The number of rotatable bonds is 8.